The highest BCUT2D eigenvalue weighted by Gasteiger charge is 2.64. The van der Waals surface area contributed by atoms with Crippen molar-refractivity contribution < 1.29 is 39.6 Å². The molecule has 0 saturated heterocycles. The van der Waals surface area contributed by atoms with E-state index in [1.807, 2.05) is 0 Å². The van der Waals surface area contributed by atoms with E-state index in [2.05, 4.69) is 0 Å². The van der Waals surface area contributed by atoms with Crippen LogP contribution in [0.3, 0.4) is 0 Å². The zero-order valence-electron chi connectivity index (χ0n) is 19.9. The molecule has 0 heterocycles. The Hall–Kier alpha value is -3.25. The molecule has 35 heavy (non-hydrogen) atoms. The minimum atomic E-state index is -2.64. The van der Waals surface area contributed by atoms with Gasteiger partial charge in [-0.2, -0.15) is 5.06 Å². The normalized spacial score (nSPS) is 28.4. The van der Waals surface area contributed by atoms with E-state index in [9.17, 15) is 34.8 Å². The fraction of sp³-hybridized carbons (Fsp3) is 0.458. The first-order chi connectivity index (χ1) is 16.4. The van der Waals surface area contributed by atoms with Gasteiger partial charge in [-0.3, -0.25) is 19.3 Å². The van der Waals surface area contributed by atoms with Crippen LogP contribution in [-0.4, -0.2) is 87.8 Å². The number of carbonyl (C=O) groups is 3. The van der Waals surface area contributed by atoms with Crippen molar-refractivity contribution in [3.8, 4) is 5.75 Å². The van der Waals surface area contributed by atoms with Crippen LogP contribution in [0.4, 0.5) is 0 Å². The van der Waals surface area contributed by atoms with Crippen LogP contribution in [0.2, 0.25) is 0 Å². The molecule has 0 radical (unpaired) electrons. The van der Waals surface area contributed by atoms with E-state index < -0.39 is 58.0 Å². The van der Waals surface area contributed by atoms with Gasteiger partial charge in [-0.1, -0.05) is 6.07 Å². The van der Waals surface area contributed by atoms with E-state index in [1.54, 1.807) is 32.3 Å². The number of carbonyl (C=O) groups excluding carboxylic acids is 3. The van der Waals surface area contributed by atoms with Crippen molar-refractivity contribution in [2.45, 2.75) is 31.0 Å². The Morgan fingerprint density at radius 3 is 2.43 bits per heavy atom. The number of aliphatic hydroxyl groups excluding tert-OH is 2. The largest absolute Gasteiger partial charge is 0.508 e. The lowest BCUT2D eigenvalue weighted by molar-refractivity contribution is -0.153. The third kappa shape index (κ3) is 3.46. The average molecular weight is 488 g/mol. The predicted octanol–water partition coefficient (Wildman–Crippen LogP) is -0.0428. The summed E-state index contributed by atoms with van der Waals surface area (Å²) in [7, 11) is 6.34. The number of nitrogens with two attached hydrogens (primary N) is 1. The highest BCUT2D eigenvalue weighted by Crippen LogP contribution is 2.52. The van der Waals surface area contributed by atoms with Crippen molar-refractivity contribution in [1.29, 1.82) is 0 Å². The quantitative estimate of drug-likeness (QED) is 0.280. The number of hydroxylamine groups is 2. The molecular formula is C24H29N3O8. The molecule has 1 amide bonds. The number of nitrogens with zero attached hydrogens (tertiary/aromatic N) is 2. The van der Waals surface area contributed by atoms with Crippen LogP contribution in [0.25, 0.3) is 5.76 Å². The van der Waals surface area contributed by atoms with Crippen molar-refractivity contribution in [3.05, 3.63) is 45.7 Å². The molecule has 0 spiro atoms. The Labute approximate surface area is 201 Å². The monoisotopic (exact) mass is 487 g/mol. The summed E-state index contributed by atoms with van der Waals surface area (Å²) in [5.41, 5.74) is 3.09. The standard InChI is InChI=1S/C24H29N3O8/c1-26(2)18-13-8-11-7-12-10(9-27(3)35-4)5-6-14(28)16(12)19(29)15(11)21(31)24(13,34)22(32)17(20(18)30)23(25)33/h5-6,11,13,18,28-29,32,34H,7-9H2,1-4H3,(H2,25,33)/t11?,13?,18?,24-/m0/s1. The smallest absolute Gasteiger partial charge is 0.255 e. The molecule has 6 N–H and O–H groups in total. The van der Waals surface area contributed by atoms with Crippen molar-refractivity contribution >= 4 is 23.2 Å². The Bertz CT molecular complexity index is 1200. The Balaban J connectivity index is 1.94. The second-order valence-corrected chi connectivity index (χ2v) is 9.53. The molecule has 1 fully saturated rings. The summed E-state index contributed by atoms with van der Waals surface area (Å²) in [6.45, 7) is 0.333. The number of hydrogen-bond donors (Lipinski definition) is 5. The summed E-state index contributed by atoms with van der Waals surface area (Å²) < 4.78 is 0. The molecule has 0 aromatic heterocycles. The molecule has 0 aliphatic heterocycles. The number of phenolic OH excluding ortho intramolecular Hbond substituents is 1. The summed E-state index contributed by atoms with van der Waals surface area (Å²) in [5.74, 6) is -6.68. The average Bonchev–Trinajstić information content (AvgIpc) is 2.77. The van der Waals surface area contributed by atoms with E-state index in [0.29, 0.717) is 12.1 Å². The summed E-state index contributed by atoms with van der Waals surface area (Å²) in [4.78, 5) is 45.5. The molecule has 1 aromatic carbocycles. The molecule has 4 atom stereocenters. The van der Waals surface area contributed by atoms with Gasteiger partial charge in [-0.05, 0) is 50.0 Å². The third-order valence-electron chi connectivity index (χ3n) is 7.41. The van der Waals surface area contributed by atoms with Gasteiger partial charge in [-0.25, -0.2) is 0 Å². The second-order valence-electron chi connectivity index (χ2n) is 9.53. The van der Waals surface area contributed by atoms with Gasteiger partial charge in [0.25, 0.3) is 5.91 Å². The fourth-order valence-electron chi connectivity index (χ4n) is 5.76. The van der Waals surface area contributed by atoms with Gasteiger partial charge < -0.3 is 31.0 Å². The van der Waals surface area contributed by atoms with Crippen molar-refractivity contribution in [3.63, 3.8) is 0 Å². The molecule has 11 nitrogen and oxygen atoms in total. The molecule has 188 valence electrons. The van der Waals surface area contributed by atoms with Crippen molar-refractivity contribution in [2.24, 2.45) is 17.6 Å². The number of likely N-dealkylation sites (N-methyl/N-ethyl adjacent to an activating group) is 1. The van der Waals surface area contributed by atoms with Crippen LogP contribution >= 0.6 is 0 Å². The summed E-state index contributed by atoms with van der Waals surface area (Å²) in [6, 6.07) is 1.98. The van der Waals surface area contributed by atoms with Gasteiger partial charge in [-0.15, -0.1) is 0 Å². The van der Waals surface area contributed by atoms with Gasteiger partial charge in [0.15, 0.2) is 11.4 Å². The van der Waals surface area contributed by atoms with E-state index in [4.69, 9.17) is 10.6 Å². The van der Waals surface area contributed by atoms with Gasteiger partial charge in [0.05, 0.1) is 18.7 Å². The zero-order valence-corrected chi connectivity index (χ0v) is 19.9. The molecule has 3 aliphatic rings. The number of primary amides is 1. The van der Waals surface area contributed by atoms with Crippen LogP contribution in [0.5, 0.6) is 5.75 Å². The number of rotatable bonds is 5. The molecule has 1 aromatic rings. The van der Waals surface area contributed by atoms with E-state index in [1.165, 1.54) is 18.1 Å². The lowest BCUT2D eigenvalue weighted by Crippen LogP contribution is -2.65. The number of benzene rings is 1. The lowest BCUT2D eigenvalue weighted by Gasteiger charge is -2.50. The Kier molecular flexibility index (Phi) is 6.00. The van der Waals surface area contributed by atoms with Crippen LogP contribution in [0.1, 0.15) is 23.1 Å². The number of fused-ring (bicyclic) bond motifs is 3. The number of amides is 1. The van der Waals surface area contributed by atoms with Crippen LogP contribution in [-0.2, 0) is 32.2 Å². The van der Waals surface area contributed by atoms with E-state index in [-0.39, 0.29) is 29.7 Å². The SMILES string of the molecule is CON(C)Cc1ccc(O)c2c1CC1CC3C(N(C)C)C(=O)C(C(N)=O)=C(O)[C@@]3(O)C(=O)C1=C2O. The number of aromatic hydroxyl groups is 1. The molecule has 0 bridgehead atoms. The molecule has 4 rings (SSSR count). The molecule has 3 aliphatic carbocycles. The van der Waals surface area contributed by atoms with Gasteiger partial charge >= 0.3 is 0 Å². The van der Waals surface area contributed by atoms with Gasteiger partial charge in [0.2, 0.25) is 5.78 Å². The van der Waals surface area contributed by atoms with Crippen LogP contribution < -0.4 is 5.73 Å². The number of ketones is 2. The minimum Gasteiger partial charge on any atom is -0.508 e. The maximum atomic E-state index is 13.8. The minimum absolute atomic E-state index is 0.0426. The van der Waals surface area contributed by atoms with Crippen molar-refractivity contribution in [1.82, 2.24) is 9.96 Å². The highest BCUT2D eigenvalue weighted by molar-refractivity contribution is 6.24. The maximum absolute atomic E-state index is 13.8. The summed E-state index contributed by atoms with van der Waals surface area (Å²) >= 11 is 0. The fourth-order valence-corrected chi connectivity index (χ4v) is 5.76. The van der Waals surface area contributed by atoms with Crippen LogP contribution in [0, 0.1) is 11.8 Å². The number of phenols is 1. The summed E-state index contributed by atoms with van der Waals surface area (Å²) in [6.07, 6.45) is 0.275. The predicted molar refractivity (Wildman–Crippen MR) is 123 cm³/mol. The maximum Gasteiger partial charge on any atom is 0.255 e. The molecular weight excluding hydrogens is 458 g/mol. The second kappa shape index (κ2) is 8.45. The van der Waals surface area contributed by atoms with E-state index in [0.717, 1.165) is 5.56 Å². The van der Waals surface area contributed by atoms with Gasteiger partial charge in [0.1, 0.15) is 22.8 Å². The first-order valence-corrected chi connectivity index (χ1v) is 11.1. The first-order valence-electron chi connectivity index (χ1n) is 11.1. The third-order valence-corrected chi connectivity index (χ3v) is 7.41. The lowest BCUT2D eigenvalue weighted by atomic mass is 9.57. The molecule has 1 saturated carbocycles. The highest BCUT2D eigenvalue weighted by atomic mass is 16.7. The van der Waals surface area contributed by atoms with Crippen LogP contribution in [0.15, 0.2) is 29.0 Å². The Morgan fingerprint density at radius 1 is 1.20 bits per heavy atom. The molecule has 3 unspecified atom stereocenters. The van der Waals surface area contributed by atoms with E-state index >= 15 is 0 Å². The Morgan fingerprint density at radius 2 is 1.86 bits per heavy atom. The van der Waals surface area contributed by atoms with Crippen molar-refractivity contribution in [2.75, 3.05) is 28.3 Å². The summed E-state index contributed by atoms with van der Waals surface area (Å²) in [5, 5.41) is 45.7. The number of Topliss-reactive ketones (excluding diaryl/α,β-unsaturated/α-hetero) is 2. The van der Waals surface area contributed by atoms with Gasteiger partial charge in [0, 0.05) is 25.1 Å². The number of hydrogen-bond acceptors (Lipinski definition) is 10. The number of aliphatic hydroxyl groups is 3. The first kappa shape index (κ1) is 24.9. The zero-order chi connectivity index (χ0) is 26.0. The topological polar surface area (TPSA) is 174 Å². The molecule has 11 heteroatoms.